The van der Waals surface area contributed by atoms with Crippen molar-refractivity contribution < 1.29 is 19.1 Å². The molecule has 6 heteroatoms. The lowest BCUT2D eigenvalue weighted by molar-refractivity contribution is -0.146. The van der Waals surface area contributed by atoms with Gasteiger partial charge in [0.15, 0.2) is 0 Å². The minimum atomic E-state index is -0.311. The van der Waals surface area contributed by atoms with Gasteiger partial charge >= 0.3 is 11.9 Å². The molecular formula is C34H38N2O4. The summed E-state index contributed by atoms with van der Waals surface area (Å²) in [6, 6.07) is 28.4. The third-order valence-electron chi connectivity index (χ3n) is 8.06. The molecule has 0 radical (unpaired) electrons. The Kier molecular flexibility index (Phi) is 9.09. The average Bonchev–Trinajstić information content (AvgIpc) is 3.00. The van der Waals surface area contributed by atoms with Gasteiger partial charge in [0, 0.05) is 39.3 Å². The highest BCUT2D eigenvalue weighted by Gasteiger charge is 2.22. The van der Waals surface area contributed by atoms with Gasteiger partial charge in [-0.05, 0) is 46.5 Å². The minimum absolute atomic E-state index is 0.186. The van der Waals surface area contributed by atoms with Crippen molar-refractivity contribution in [1.82, 2.24) is 9.80 Å². The highest BCUT2D eigenvalue weighted by Crippen LogP contribution is 2.27. The maximum absolute atomic E-state index is 12.8. The second-order valence-electron chi connectivity index (χ2n) is 10.6. The molecule has 1 aliphatic heterocycles. The lowest BCUT2D eigenvalue weighted by atomic mass is 9.95. The zero-order valence-electron chi connectivity index (χ0n) is 23.4. The predicted octanol–water partition coefficient (Wildman–Crippen LogP) is 5.60. The molecular weight excluding hydrogens is 500 g/mol. The van der Waals surface area contributed by atoms with E-state index in [0.29, 0.717) is 13.2 Å². The van der Waals surface area contributed by atoms with E-state index in [-0.39, 0.29) is 23.8 Å². The van der Waals surface area contributed by atoms with Gasteiger partial charge < -0.3 is 9.47 Å². The molecule has 0 spiro atoms. The van der Waals surface area contributed by atoms with Crippen LogP contribution in [0, 0.1) is 0 Å². The largest absolute Gasteiger partial charge is 0.464 e. The van der Waals surface area contributed by atoms with Gasteiger partial charge in [0.25, 0.3) is 0 Å². The SMILES string of the molecule is C[C@@H](C(=O)OCCN1CCN(CCOC(=O)[C@H](C)c2cccc3ccccc23)CC1)c1cccc2ccccc12. The molecule has 4 aromatic rings. The van der Waals surface area contributed by atoms with Crippen LogP contribution in [0.4, 0.5) is 0 Å². The summed E-state index contributed by atoms with van der Waals surface area (Å²) in [5.74, 6) is -0.993. The van der Waals surface area contributed by atoms with E-state index in [1.807, 2.05) is 62.4 Å². The number of fused-ring (bicyclic) bond motifs is 2. The standard InChI is InChI=1S/C34H38N2O4/c1-25(29-15-7-11-27-9-3-5-13-31(27)29)33(37)39-23-21-35-17-19-36(20-18-35)22-24-40-34(38)26(2)30-16-8-12-28-10-4-6-14-32(28)30/h3-16,25-26H,17-24H2,1-2H3/t25-,26-/m1/s1. The minimum Gasteiger partial charge on any atom is -0.464 e. The fraction of sp³-hybridized carbons (Fsp3) is 0.353. The van der Waals surface area contributed by atoms with Gasteiger partial charge in [-0.25, -0.2) is 0 Å². The number of rotatable bonds is 10. The predicted molar refractivity (Wildman–Crippen MR) is 160 cm³/mol. The summed E-state index contributed by atoms with van der Waals surface area (Å²) >= 11 is 0. The first-order chi connectivity index (χ1) is 19.5. The highest BCUT2D eigenvalue weighted by molar-refractivity contribution is 5.92. The number of hydrogen-bond acceptors (Lipinski definition) is 6. The molecule has 0 aromatic heterocycles. The van der Waals surface area contributed by atoms with Gasteiger partial charge in [-0.2, -0.15) is 0 Å². The first-order valence-electron chi connectivity index (χ1n) is 14.2. The van der Waals surface area contributed by atoms with E-state index < -0.39 is 0 Å². The van der Waals surface area contributed by atoms with Crippen LogP contribution in [0.3, 0.4) is 0 Å². The van der Waals surface area contributed by atoms with Crippen LogP contribution < -0.4 is 0 Å². The molecule has 0 unspecified atom stereocenters. The van der Waals surface area contributed by atoms with E-state index in [0.717, 1.165) is 71.9 Å². The number of carbonyl (C=O) groups excluding carboxylic acids is 2. The maximum atomic E-state index is 12.8. The zero-order valence-corrected chi connectivity index (χ0v) is 23.4. The number of esters is 2. The monoisotopic (exact) mass is 538 g/mol. The molecule has 6 nitrogen and oxygen atoms in total. The average molecular weight is 539 g/mol. The molecule has 40 heavy (non-hydrogen) atoms. The normalized spacial score (nSPS) is 16.1. The first-order valence-corrected chi connectivity index (χ1v) is 14.2. The number of ether oxygens (including phenoxy) is 2. The molecule has 0 saturated carbocycles. The molecule has 2 atom stereocenters. The molecule has 1 heterocycles. The second kappa shape index (κ2) is 13.1. The van der Waals surface area contributed by atoms with Crippen LogP contribution in [0.1, 0.15) is 36.8 Å². The number of piperazine rings is 1. The quantitative estimate of drug-likeness (QED) is 0.245. The van der Waals surface area contributed by atoms with Crippen molar-refractivity contribution in [3.63, 3.8) is 0 Å². The number of carbonyl (C=O) groups is 2. The van der Waals surface area contributed by atoms with Gasteiger partial charge in [0.2, 0.25) is 0 Å². The molecule has 0 bridgehead atoms. The van der Waals surface area contributed by atoms with Crippen molar-refractivity contribution in [3.8, 4) is 0 Å². The number of hydrogen-bond donors (Lipinski definition) is 0. The molecule has 0 amide bonds. The van der Waals surface area contributed by atoms with Gasteiger partial charge in [0.1, 0.15) is 13.2 Å². The topological polar surface area (TPSA) is 59.1 Å². The van der Waals surface area contributed by atoms with E-state index in [4.69, 9.17) is 9.47 Å². The Bertz CT molecular complexity index is 1340. The summed E-state index contributed by atoms with van der Waals surface area (Å²) in [5.41, 5.74) is 2.01. The van der Waals surface area contributed by atoms with Crippen LogP contribution in [-0.2, 0) is 19.1 Å². The highest BCUT2D eigenvalue weighted by atomic mass is 16.5. The smallest absolute Gasteiger partial charge is 0.313 e. The van der Waals surface area contributed by atoms with Crippen LogP contribution >= 0.6 is 0 Å². The fourth-order valence-corrected chi connectivity index (χ4v) is 5.55. The Balaban J connectivity index is 1.01. The summed E-state index contributed by atoms with van der Waals surface area (Å²) in [6.07, 6.45) is 0. The van der Waals surface area contributed by atoms with Crippen molar-refractivity contribution in [2.45, 2.75) is 25.7 Å². The summed E-state index contributed by atoms with van der Waals surface area (Å²) in [4.78, 5) is 30.2. The fourth-order valence-electron chi connectivity index (χ4n) is 5.55. The summed E-state index contributed by atoms with van der Waals surface area (Å²) in [5, 5.41) is 4.46. The molecule has 208 valence electrons. The van der Waals surface area contributed by atoms with Gasteiger partial charge in [0.05, 0.1) is 11.8 Å². The molecule has 1 saturated heterocycles. The molecule has 1 aliphatic rings. The van der Waals surface area contributed by atoms with Crippen molar-refractivity contribution in [2.24, 2.45) is 0 Å². The van der Waals surface area contributed by atoms with E-state index in [2.05, 4.69) is 46.2 Å². The molecule has 1 fully saturated rings. The number of benzene rings is 4. The summed E-state index contributed by atoms with van der Waals surface area (Å²) in [7, 11) is 0. The Morgan fingerprint density at radius 2 is 0.975 bits per heavy atom. The van der Waals surface area contributed by atoms with E-state index >= 15 is 0 Å². The lowest BCUT2D eigenvalue weighted by Crippen LogP contribution is -2.48. The van der Waals surface area contributed by atoms with Crippen LogP contribution in [-0.4, -0.2) is 74.2 Å². The molecule has 0 aliphatic carbocycles. The van der Waals surface area contributed by atoms with Crippen molar-refractivity contribution in [2.75, 3.05) is 52.5 Å². The molecule has 5 rings (SSSR count). The molecule has 0 N–H and O–H groups in total. The Hall–Kier alpha value is -3.74. The Morgan fingerprint density at radius 3 is 1.40 bits per heavy atom. The lowest BCUT2D eigenvalue weighted by Gasteiger charge is -2.34. The molecule has 4 aromatic carbocycles. The van der Waals surface area contributed by atoms with E-state index in [1.165, 1.54) is 0 Å². The van der Waals surface area contributed by atoms with Crippen LogP contribution in [0.15, 0.2) is 84.9 Å². The summed E-state index contributed by atoms with van der Waals surface area (Å²) < 4.78 is 11.3. The second-order valence-corrected chi connectivity index (χ2v) is 10.6. The number of nitrogens with zero attached hydrogens (tertiary/aromatic N) is 2. The van der Waals surface area contributed by atoms with Crippen molar-refractivity contribution in [1.29, 1.82) is 0 Å². The maximum Gasteiger partial charge on any atom is 0.313 e. The van der Waals surface area contributed by atoms with Gasteiger partial charge in [-0.1, -0.05) is 84.9 Å². The third kappa shape index (κ3) is 6.52. The third-order valence-corrected chi connectivity index (χ3v) is 8.06. The van der Waals surface area contributed by atoms with E-state index in [1.54, 1.807) is 0 Å². The van der Waals surface area contributed by atoms with Crippen LogP contribution in [0.2, 0.25) is 0 Å². The van der Waals surface area contributed by atoms with Crippen LogP contribution in [0.5, 0.6) is 0 Å². The van der Waals surface area contributed by atoms with Gasteiger partial charge in [-0.15, -0.1) is 0 Å². The van der Waals surface area contributed by atoms with Gasteiger partial charge in [-0.3, -0.25) is 19.4 Å². The Morgan fingerprint density at radius 1 is 0.600 bits per heavy atom. The van der Waals surface area contributed by atoms with Crippen LogP contribution in [0.25, 0.3) is 21.5 Å². The Labute approximate surface area is 236 Å². The van der Waals surface area contributed by atoms with E-state index in [9.17, 15) is 9.59 Å². The van der Waals surface area contributed by atoms with Crippen molar-refractivity contribution >= 4 is 33.5 Å². The summed E-state index contributed by atoms with van der Waals surface area (Å²) in [6.45, 7) is 9.64. The first kappa shape index (κ1) is 27.8. The zero-order chi connectivity index (χ0) is 27.9. The van der Waals surface area contributed by atoms with Crippen molar-refractivity contribution in [3.05, 3.63) is 96.1 Å².